The Morgan fingerprint density at radius 2 is 2.04 bits per heavy atom. The van der Waals surface area contributed by atoms with Gasteiger partial charge in [-0.15, -0.1) is 11.8 Å². The van der Waals surface area contributed by atoms with Crippen LogP contribution < -0.4 is 4.80 Å². The average molecular weight is 391 g/mol. The smallest absolute Gasteiger partial charge is 0.279 e. The predicted molar refractivity (Wildman–Crippen MR) is 108 cm³/mol. The molecule has 3 nitrogen and oxygen atoms in total. The number of benzene rings is 2. The first-order valence-electron chi connectivity index (χ1n) is 7.97. The van der Waals surface area contributed by atoms with E-state index >= 15 is 0 Å². The van der Waals surface area contributed by atoms with Gasteiger partial charge in [0.25, 0.3) is 5.91 Å². The molecule has 6 heteroatoms. The standard InChI is InChI=1S/C19H19ClN2OS2/c1-11(2)24-14-7-5-6-13(10-14)18(23)21-19-22(4)16-12(3)8-9-15(20)17(16)25-19/h5-11H,1-4H3. The Hall–Kier alpha value is -1.56. The van der Waals surface area contributed by atoms with Gasteiger partial charge >= 0.3 is 0 Å². The quantitative estimate of drug-likeness (QED) is 0.558. The van der Waals surface area contributed by atoms with E-state index in [2.05, 4.69) is 18.8 Å². The van der Waals surface area contributed by atoms with Crippen LogP contribution in [0.1, 0.15) is 29.8 Å². The Labute approximate surface area is 160 Å². The van der Waals surface area contributed by atoms with Gasteiger partial charge in [0.2, 0.25) is 0 Å². The van der Waals surface area contributed by atoms with Crippen molar-refractivity contribution in [2.75, 3.05) is 0 Å². The van der Waals surface area contributed by atoms with Gasteiger partial charge in [0.15, 0.2) is 4.80 Å². The van der Waals surface area contributed by atoms with Crippen LogP contribution in [-0.2, 0) is 7.05 Å². The average Bonchev–Trinajstić information content (AvgIpc) is 2.89. The van der Waals surface area contributed by atoms with Crippen LogP contribution in [0.4, 0.5) is 0 Å². The molecule has 1 heterocycles. The molecule has 0 bridgehead atoms. The molecule has 3 aromatic rings. The van der Waals surface area contributed by atoms with E-state index in [4.69, 9.17) is 11.6 Å². The maximum absolute atomic E-state index is 12.6. The highest BCUT2D eigenvalue weighted by atomic mass is 35.5. The van der Waals surface area contributed by atoms with E-state index < -0.39 is 0 Å². The first-order chi connectivity index (χ1) is 11.9. The van der Waals surface area contributed by atoms with E-state index in [0.29, 0.717) is 20.6 Å². The maximum Gasteiger partial charge on any atom is 0.279 e. The lowest BCUT2D eigenvalue weighted by atomic mass is 10.2. The van der Waals surface area contributed by atoms with Crippen LogP contribution in [0.5, 0.6) is 0 Å². The van der Waals surface area contributed by atoms with Gasteiger partial charge in [0.1, 0.15) is 0 Å². The highest BCUT2D eigenvalue weighted by Gasteiger charge is 2.11. The third-order valence-electron chi connectivity index (χ3n) is 3.75. The van der Waals surface area contributed by atoms with Crippen LogP contribution in [0, 0.1) is 6.92 Å². The van der Waals surface area contributed by atoms with Gasteiger partial charge in [-0.1, -0.05) is 48.9 Å². The lowest BCUT2D eigenvalue weighted by Gasteiger charge is -2.05. The van der Waals surface area contributed by atoms with Crippen LogP contribution in [-0.4, -0.2) is 15.7 Å². The number of hydrogen-bond acceptors (Lipinski definition) is 3. The summed E-state index contributed by atoms with van der Waals surface area (Å²) >= 11 is 9.48. The molecular formula is C19H19ClN2OS2. The fourth-order valence-corrected chi connectivity index (χ4v) is 4.90. The molecule has 0 atom stereocenters. The number of amides is 1. The van der Waals surface area contributed by atoms with Gasteiger partial charge in [0.05, 0.1) is 15.2 Å². The molecule has 1 aromatic heterocycles. The van der Waals surface area contributed by atoms with Crippen molar-refractivity contribution in [1.29, 1.82) is 0 Å². The van der Waals surface area contributed by atoms with Crippen molar-refractivity contribution < 1.29 is 4.79 Å². The number of nitrogens with zero attached hydrogens (tertiary/aromatic N) is 2. The SMILES string of the molecule is Cc1ccc(Cl)c2sc(=NC(=O)c3cccc(SC(C)C)c3)n(C)c12. The second kappa shape index (κ2) is 7.36. The number of aromatic nitrogens is 1. The van der Waals surface area contributed by atoms with Crippen molar-refractivity contribution in [2.24, 2.45) is 12.0 Å². The van der Waals surface area contributed by atoms with E-state index in [0.717, 1.165) is 20.7 Å². The maximum atomic E-state index is 12.6. The van der Waals surface area contributed by atoms with Crippen LogP contribution in [0.15, 0.2) is 46.3 Å². The van der Waals surface area contributed by atoms with E-state index in [1.165, 1.54) is 11.3 Å². The molecule has 0 saturated heterocycles. The third kappa shape index (κ3) is 3.84. The summed E-state index contributed by atoms with van der Waals surface area (Å²) in [6, 6.07) is 11.5. The second-order valence-electron chi connectivity index (χ2n) is 6.10. The summed E-state index contributed by atoms with van der Waals surface area (Å²) in [5.74, 6) is -0.234. The van der Waals surface area contributed by atoms with Crippen molar-refractivity contribution in [3.63, 3.8) is 0 Å². The normalized spacial score (nSPS) is 12.3. The van der Waals surface area contributed by atoms with Gasteiger partial charge in [-0.2, -0.15) is 4.99 Å². The van der Waals surface area contributed by atoms with Crippen molar-refractivity contribution >= 4 is 50.8 Å². The predicted octanol–water partition coefficient (Wildman–Crippen LogP) is 5.44. The third-order valence-corrected chi connectivity index (χ3v) is 6.34. The zero-order chi connectivity index (χ0) is 18.1. The number of carbonyl (C=O) groups excluding carboxylic acids is 1. The summed E-state index contributed by atoms with van der Waals surface area (Å²) in [5, 5.41) is 1.15. The Morgan fingerprint density at radius 1 is 1.28 bits per heavy atom. The molecule has 0 fully saturated rings. The van der Waals surface area contributed by atoms with E-state index in [9.17, 15) is 4.79 Å². The Kier molecular flexibility index (Phi) is 5.37. The molecule has 0 aliphatic carbocycles. The topological polar surface area (TPSA) is 34.4 Å². The van der Waals surface area contributed by atoms with E-state index in [-0.39, 0.29) is 5.91 Å². The molecule has 2 aromatic carbocycles. The number of thioether (sulfide) groups is 1. The van der Waals surface area contributed by atoms with E-state index in [1.54, 1.807) is 11.8 Å². The molecule has 1 amide bonds. The molecular weight excluding hydrogens is 372 g/mol. The lowest BCUT2D eigenvalue weighted by molar-refractivity contribution is 0.0997. The molecule has 0 unspecified atom stereocenters. The molecule has 25 heavy (non-hydrogen) atoms. The molecule has 0 aliphatic heterocycles. The zero-order valence-corrected chi connectivity index (χ0v) is 16.9. The summed E-state index contributed by atoms with van der Waals surface area (Å²) < 4.78 is 2.89. The van der Waals surface area contributed by atoms with Crippen molar-refractivity contribution in [3.8, 4) is 0 Å². The Balaban J connectivity index is 2.05. The molecule has 130 valence electrons. The van der Waals surface area contributed by atoms with Crippen LogP contribution in [0.3, 0.4) is 0 Å². The molecule has 0 aliphatic rings. The van der Waals surface area contributed by atoms with Crippen LogP contribution in [0.25, 0.3) is 10.2 Å². The summed E-state index contributed by atoms with van der Waals surface area (Å²) in [7, 11) is 1.92. The number of hydrogen-bond donors (Lipinski definition) is 0. The van der Waals surface area contributed by atoms with E-state index in [1.807, 2.05) is 54.9 Å². The van der Waals surface area contributed by atoms with Gasteiger partial charge in [-0.05, 0) is 36.8 Å². The number of aryl methyl sites for hydroxylation is 2. The van der Waals surface area contributed by atoms with Crippen LogP contribution in [0.2, 0.25) is 5.02 Å². The molecule has 3 rings (SSSR count). The minimum Gasteiger partial charge on any atom is -0.319 e. The Morgan fingerprint density at radius 3 is 2.72 bits per heavy atom. The highest BCUT2D eigenvalue weighted by molar-refractivity contribution is 7.99. The summed E-state index contributed by atoms with van der Waals surface area (Å²) in [6.07, 6.45) is 0. The lowest BCUT2D eigenvalue weighted by Crippen LogP contribution is -2.13. The van der Waals surface area contributed by atoms with Gasteiger partial charge in [-0.3, -0.25) is 4.79 Å². The first kappa shape index (κ1) is 18.2. The van der Waals surface area contributed by atoms with Crippen molar-refractivity contribution in [3.05, 3.63) is 57.3 Å². The monoisotopic (exact) mass is 390 g/mol. The first-order valence-corrected chi connectivity index (χ1v) is 10.0. The van der Waals surface area contributed by atoms with Gasteiger partial charge < -0.3 is 4.57 Å². The zero-order valence-electron chi connectivity index (χ0n) is 14.5. The number of halogens is 1. The fraction of sp³-hybridized carbons (Fsp3) is 0.263. The minimum absolute atomic E-state index is 0.234. The Bertz CT molecular complexity index is 1020. The summed E-state index contributed by atoms with van der Waals surface area (Å²) in [5.41, 5.74) is 2.74. The number of rotatable bonds is 3. The largest absolute Gasteiger partial charge is 0.319 e. The van der Waals surface area contributed by atoms with Crippen molar-refractivity contribution in [1.82, 2.24) is 4.57 Å². The summed E-state index contributed by atoms with van der Waals surface area (Å²) in [4.78, 5) is 18.7. The van der Waals surface area contributed by atoms with Crippen LogP contribution >= 0.6 is 34.7 Å². The number of carbonyl (C=O) groups is 1. The molecule has 0 saturated carbocycles. The number of thiazole rings is 1. The summed E-state index contributed by atoms with van der Waals surface area (Å²) in [6.45, 7) is 6.29. The van der Waals surface area contributed by atoms with Gasteiger partial charge in [0, 0.05) is 22.8 Å². The number of fused-ring (bicyclic) bond motifs is 1. The molecule has 0 radical (unpaired) electrons. The fourth-order valence-electron chi connectivity index (χ4n) is 2.64. The minimum atomic E-state index is -0.234. The highest BCUT2D eigenvalue weighted by Crippen LogP contribution is 2.28. The van der Waals surface area contributed by atoms with Gasteiger partial charge in [-0.25, -0.2) is 0 Å². The van der Waals surface area contributed by atoms with Crippen molar-refractivity contribution in [2.45, 2.75) is 30.9 Å². The second-order valence-corrected chi connectivity index (χ2v) is 9.13. The molecule has 0 spiro atoms. The molecule has 0 N–H and O–H groups in total.